The van der Waals surface area contributed by atoms with Crippen LogP contribution in [0.2, 0.25) is 0 Å². The van der Waals surface area contributed by atoms with Crippen molar-refractivity contribution in [3.05, 3.63) is 44.1 Å². The van der Waals surface area contributed by atoms with E-state index in [0.29, 0.717) is 30.7 Å². The predicted octanol–water partition coefficient (Wildman–Crippen LogP) is 0.890. The van der Waals surface area contributed by atoms with Crippen LogP contribution in [0.3, 0.4) is 0 Å². The fourth-order valence-corrected chi connectivity index (χ4v) is 3.87. The highest BCUT2D eigenvalue weighted by molar-refractivity contribution is 5.83. The van der Waals surface area contributed by atoms with Crippen molar-refractivity contribution in [1.29, 1.82) is 0 Å². The van der Waals surface area contributed by atoms with Gasteiger partial charge < -0.3 is 15.0 Å². The van der Waals surface area contributed by atoms with Gasteiger partial charge in [-0.25, -0.2) is 19.0 Å². The van der Waals surface area contributed by atoms with Crippen molar-refractivity contribution in [3.63, 3.8) is 0 Å². The van der Waals surface area contributed by atoms with Gasteiger partial charge in [-0.15, -0.1) is 4.48 Å². The average molecular weight is 448 g/mol. The Hall–Kier alpha value is -3.25. The summed E-state index contributed by atoms with van der Waals surface area (Å²) in [6.45, 7) is 4.91. The van der Waals surface area contributed by atoms with Gasteiger partial charge in [0.2, 0.25) is 6.30 Å². The van der Waals surface area contributed by atoms with E-state index >= 15 is 0 Å². The molecule has 0 amide bonds. The van der Waals surface area contributed by atoms with Gasteiger partial charge in [0.05, 0.1) is 11.0 Å². The smallest absolute Gasteiger partial charge is 0.349 e. The largest absolute Gasteiger partial charge is 0.480 e. The van der Waals surface area contributed by atoms with Crippen molar-refractivity contribution in [2.75, 3.05) is 13.1 Å². The van der Waals surface area contributed by atoms with Gasteiger partial charge in [0.1, 0.15) is 0 Å². The molecule has 10 nitrogen and oxygen atoms in total. The highest BCUT2D eigenvalue weighted by atomic mass is 19.2. The van der Waals surface area contributed by atoms with Crippen molar-refractivity contribution in [1.82, 2.24) is 30.0 Å². The summed E-state index contributed by atoms with van der Waals surface area (Å²) in [4.78, 5) is 45.7. The normalized spacial score (nSPS) is 22.5. The lowest BCUT2D eigenvalue weighted by atomic mass is 10.0. The number of rotatable bonds is 8. The first kappa shape index (κ1) is 22.0. The van der Waals surface area contributed by atoms with Gasteiger partial charge >= 0.3 is 11.7 Å². The number of fused-ring (bicyclic) bond motifs is 2. The summed E-state index contributed by atoms with van der Waals surface area (Å²) in [7, 11) is 0. The number of alkyl halides is 1. The molecule has 170 valence electrons. The maximum Gasteiger partial charge on any atom is 0.349 e. The molecule has 12 heteroatoms. The van der Waals surface area contributed by atoms with Crippen LogP contribution in [-0.2, 0) is 11.3 Å². The zero-order valence-electron chi connectivity index (χ0n) is 17.5. The van der Waals surface area contributed by atoms with Crippen LogP contribution in [0.5, 0.6) is 0 Å². The SMILES string of the molecule is Cc1cc2nc3c(=O)[nH]c(=O)nc-3n(CCNCCCC3(C(=O)O)C(F)N3F)c2cc1C. The first-order valence-corrected chi connectivity index (χ1v) is 10.1. The lowest BCUT2D eigenvalue weighted by Gasteiger charge is -2.18. The molecule has 3 N–H and O–H groups in total. The van der Waals surface area contributed by atoms with E-state index in [9.17, 15) is 23.3 Å². The van der Waals surface area contributed by atoms with Gasteiger partial charge in [-0.1, -0.05) is 5.12 Å². The fraction of sp³-hybridized carbons (Fsp3) is 0.450. The molecule has 3 unspecified atom stereocenters. The van der Waals surface area contributed by atoms with E-state index in [1.165, 1.54) is 0 Å². The van der Waals surface area contributed by atoms with Gasteiger partial charge in [0, 0.05) is 13.1 Å². The third-order valence-corrected chi connectivity index (χ3v) is 5.92. The number of benzene rings is 1. The minimum atomic E-state index is -2.12. The Bertz CT molecular complexity index is 1280. The molecule has 0 radical (unpaired) electrons. The third-order valence-electron chi connectivity index (χ3n) is 5.92. The lowest BCUT2D eigenvalue weighted by molar-refractivity contribution is -0.143. The van der Waals surface area contributed by atoms with Crippen LogP contribution >= 0.6 is 0 Å². The second-order valence-corrected chi connectivity index (χ2v) is 7.96. The number of aromatic nitrogens is 4. The number of H-pyrrole nitrogens is 1. The number of halogens is 2. The Morgan fingerprint density at radius 1 is 1.25 bits per heavy atom. The first-order chi connectivity index (χ1) is 15.2. The molecule has 1 aromatic carbocycles. The zero-order chi connectivity index (χ0) is 23.2. The fourth-order valence-electron chi connectivity index (χ4n) is 3.87. The van der Waals surface area contributed by atoms with E-state index < -0.39 is 29.1 Å². The van der Waals surface area contributed by atoms with Crippen molar-refractivity contribution in [2.45, 2.75) is 45.1 Å². The summed E-state index contributed by atoms with van der Waals surface area (Å²) in [5, 5.41) is 11.9. The average Bonchev–Trinajstić information content (AvgIpc) is 3.26. The number of hydrogen-bond acceptors (Lipinski definition) is 7. The number of nitrogens with zero attached hydrogens (tertiary/aromatic N) is 4. The third kappa shape index (κ3) is 3.54. The molecule has 0 bridgehead atoms. The lowest BCUT2D eigenvalue weighted by Crippen LogP contribution is -2.31. The van der Waals surface area contributed by atoms with Crippen LogP contribution < -0.4 is 16.6 Å². The molecule has 32 heavy (non-hydrogen) atoms. The van der Waals surface area contributed by atoms with E-state index in [1.807, 2.05) is 26.0 Å². The van der Waals surface area contributed by atoms with E-state index in [2.05, 4.69) is 20.3 Å². The molecule has 1 saturated heterocycles. The van der Waals surface area contributed by atoms with E-state index in [1.54, 1.807) is 4.57 Å². The number of hydrogen-bond donors (Lipinski definition) is 3. The molecule has 0 aliphatic carbocycles. The van der Waals surface area contributed by atoms with Crippen LogP contribution in [0.4, 0.5) is 8.87 Å². The molecule has 0 saturated carbocycles. The molecule has 3 heterocycles. The number of carboxylic acids is 1. The standard InChI is InChI=1S/C20H22F2N6O4/c1-10-8-12-13(9-11(10)2)27(15-14(24-12)16(29)26-19(32)25-15)7-6-23-5-3-4-20(18(30)31)17(21)28(20)22/h8-9,17,23H,3-7H2,1-2H3,(H,30,31)(H,26,29,32). The molecular formula is C20H22F2N6O4. The molecular weight excluding hydrogens is 426 g/mol. The van der Waals surface area contributed by atoms with Crippen molar-refractivity contribution in [3.8, 4) is 11.5 Å². The Morgan fingerprint density at radius 3 is 2.59 bits per heavy atom. The number of nitrogens with one attached hydrogen (secondary N) is 2. The molecule has 1 fully saturated rings. The summed E-state index contributed by atoms with van der Waals surface area (Å²) in [6.07, 6.45) is -2.05. The van der Waals surface area contributed by atoms with Crippen LogP contribution in [0, 0.1) is 13.8 Å². The Kier molecular flexibility index (Phi) is 5.51. The maximum atomic E-state index is 13.4. The van der Waals surface area contributed by atoms with Crippen molar-refractivity contribution in [2.24, 2.45) is 0 Å². The minimum Gasteiger partial charge on any atom is -0.480 e. The highest BCUT2D eigenvalue weighted by Gasteiger charge is 2.71. The molecule has 3 aliphatic heterocycles. The number of aliphatic carboxylic acids is 1. The summed E-state index contributed by atoms with van der Waals surface area (Å²) in [5.74, 6) is -1.36. The molecule has 3 atom stereocenters. The van der Waals surface area contributed by atoms with Gasteiger partial charge in [-0.3, -0.25) is 9.78 Å². The summed E-state index contributed by atoms with van der Waals surface area (Å²) in [5.41, 5.74) is -0.132. The summed E-state index contributed by atoms with van der Waals surface area (Å²) < 4.78 is 28.4. The molecule has 0 aromatic heterocycles. The van der Waals surface area contributed by atoms with E-state index in [-0.39, 0.29) is 29.5 Å². The van der Waals surface area contributed by atoms with Crippen LogP contribution in [0.15, 0.2) is 21.7 Å². The Balaban J connectivity index is 1.52. The van der Waals surface area contributed by atoms with Gasteiger partial charge in [-0.2, -0.15) is 4.98 Å². The second kappa shape index (κ2) is 8.02. The number of carbonyl (C=O) groups is 1. The van der Waals surface area contributed by atoms with Gasteiger partial charge in [0.15, 0.2) is 17.1 Å². The van der Waals surface area contributed by atoms with Crippen LogP contribution in [-0.4, -0.2) is 60.6 Å². The van der Waals surface area contributed by atoms with Gasteiger partial charge in [-0.05, 0) is 56.5 Å². The molecule has 4 rings (SSSR count). The number of aryl methyl sites for hydroxylation is 2. The quantitative estimate of drug-likeness (QED) is 0.152. The minimum absolute atomic E-state index is 0.0505. The predicted molar refractivity (Wildman–Crippen MR) is 111 cm³/mol. The summed E-state index contributed by atoms with van der Waals surface area (Å²) >= 11 is 0. The van der Waals surface area contributed by atoms with E-state index in [4.69, 9.17) is 5.11 Å². The monoisotopic (exact) mass is 448 g/mol. The Morgan fingerprint density at radius 2 is 1.94 bits per heavy atom. The molecule has 3 aliphatic rings. The van der Waals surface area contributed by atoms with Crippen LogP contribution in [0.1, 0.15) is 24.0 Å². The van der Waals surface area contributed by atoms with Crippen molar-refractivity contribution >= 4 is 17.0 Å². The van der Waals surface area contributed by atoms with Crippen LogP contribution in [0.25, 0.3) is 22.6 Å². The highest BCUT2D eigenvalue weighted by Crippen LogP contribution is 2.46. The zero-order valence-corrected chi connectivity index (χ0v) is 17.5. The Labute approximate surface area is 180 Å². The van der Waals surface area contributed by atoms with Crippen molar-refractivity contribution < 1.29 is 18.8 Å². The number of aromatic amines is 1. The van der Waals surface area contributed by atoms with E-state index in [0.717, 1.165) is 11.1 Å². The molecule has 0 spiro atoms. The topological polar surface area (TPSA) is 133 Å². The molecule has 1 aromatic rings. The first-order valence-electron chi connectivity index (χ1n) is 10.1. The maximum absolute atomic E-state index is 13.4. The van der Waals surface area contributed by atoms with Gasteiger partial charge in [0.25, 0.3) is 5.56 Å². The summed E-state index contributed by atoms with van der Waals surface area (Å²) in [6, 6.07) is 3.76. The number of carboxylic acid groups (broad SMARTS) is 1. The second-order valence-electron chi connectivity index (χ2n) is 7.96.